The molecule has 4 rings (SSSR count). The summed E-state index contributed by atoms with van der Waals surface area (Å²) in [6.07, 6.45) is 2.77. The van der Waals surface area contributed by atoms with E-state index in [9.17, 15) is 19.8 Å². The molecule has 0 spiro atoms. The number of carboxylic acids is 1. The topological polar surface area (TPSA) is 109 Å². The number of hydrogen-bond acceptors (Lipinski definition) is 7. The Bertz CT molecular complexity index is 1100. The van der Waals surface area contributed by atoms with Crippen molar-refractivity contribution in [2.45, 2.75) is 44.6 Å². The first kappa shape index (κ1) is 27.7. The number of fused-ring (bicyclic) bond motifs is 1. The van der Waals surface area contributed by atoms with E-state index in [0.717, 1.165) is 24.0 Å². The van der Waals surface area contributed by atoms with Gasteiger partial charge in [0.25, 0.3) is 0 Å². The molecule has 2 aromatic rings. The molecule has 3 unspecified atom stereocenters. The number of aliphatic carboxylic acids is 1. The molecule has 1 saturated heterocycles. The van der Waals surface area contributed by atoms with Crippen molar-refractivity contribution >= 4 is 11.9 Å². The van der Waals surface area contributed by atoms with Crippen molar-refractivity contribution in [3.05, 3.63) is 53.6 Å². The summed E-state index contributed by atoms with van der Waals surface area (Å²) in [5.74, 6) is -0.0745. The Hall–Kier alpha value is -3.30. The maximum Gasteiger partial charge on any atom is 0.308 e. The molecule has 0 bridgehead atoms. The minimum absolute atomic E-state index is 0.0172. The van der Waals surface area contributed by atoms with E-state index >= 15 is 0 Å². The molecule has 2 aliphatic heterocycles. The largest absolute Gasteiger partial charge is 0.496 e. The number of aliphatic hydroxyl groups is 1. The fraction of sp³-hybridized carbons (Fsp3) is 0.517. The molecule has 3 atom stereocenters. The Morgan fingerprint density at radius 3 is 2.61 bits per heavy atom. The van der Waals surface area contributed by atoms with Crippen LogP contribution < -0.4 is 14.2 Å². The normalized spacial score (nSPS) is 20.4. The van der Waals surface area contributed by atoms with Gasteiger partial charge in [-0.15, -0.1) is 0 Å². The van der Waals surface area contributed by atoms with Crippen LogP contribution in [0.1, 0.15) is 43.2 Å². The zero-order chi connectivity index (χ0) is 27.1. The predicted octanol–water partition coefficient (Wildman–Crippen LogP) is 3.15. The molecular formula is C29H38N2O7. The lowest BCUT2D eigenvalue weighted by Crippen LogP contribution is -2.45. The second-order valence-corrected chi connectivity index (χ2v) is 9.91. The molecule has 38 heavy (non-hydrogen) atoms. The molecule has 0 saturated carbocycles. The van der Waals surface area contributed by atoms with Gasteiger partial charge in [-0.2, -0.15) is 0 Å². The van der Waals surface area contributed by atoms with E-state index in [2.05, 4.69) is 6.92 Å². The highest BCUT2D eigenvalue weighted by molar-refractivity contribution is 5.79. The van der Waals surface area contributed by atoms with E-state index in [1.807, 2.05) is 47.4 Å². The SMILES string of the molecule is CCCCN(CCCO)C(=O)CN1CC(c2ccc3c(c2)OCO3)C(C(=O)O)C1Cc1ccccc1OC. The summed E-state index contributed by atoms with van der Waals surface area (Å²) in [4.78, 5) is 30.1. The summed E-state index contributed by atoms with van der Waals surface area (Å²) in [5.41, 5.74) is 1.75. The van der Waals surface area contributed by atoms with Crippen LogP contribution in [0.2, 0.25) is 0 Å². The highest BCUT2D eigenvalue weighted by atomic mass is 16.7. The lowest BCUT2D eigenvalue weighted by atomic mass is 9.83. The highest BCUT2D eigenvalue weighted by Gasteiger charge is 2.47. The molecule has 206 valence electrons. The van der Waals surface area contributed by atoms with Crippen molar-refractivity contribution in [3.8, 4) is 17.2 Å². The van der Waals surface area contributed by atoms with Gasteiger partial charge in [0, 0.05) is 38.2 Å². The first-order valence-electron chi connectivity index (χ1n) is 13.3. The van der Waals surface area contributed by atoms with Crippen LogP contribution in [0.5, 0.6) is 17.2 Å². The molecule has 2 N–H and O–H groups in total. The van der Waals surface area contributed by atoms with Gasteiger partial charge in [0.05, 0.1) is 19.6 Å². The molecule has 0 aromatic heterocycles. The van der Waals surface area contributed by atoms with Gasteiger partial charge in [0.15, 0.2) is 11.5 Å². The fourth-order valence-corrected chi connectivity index (χ4v) is 5.57. The van der Waals surface area contributed by atoms with Crippen LogP contribution in [-0.4, -0.2) is 84.6 Å². The molecule has 9 nitrogen and oxygen atoms in total. The van der Waals surface area contributed by atoms with E-state index in [1.165, 1.54) is 0 Å². The van der Waals surface area contributed by atoms with Crippen molar-refractivity contribution in [2.24, 2.45) is 5.92 Å². The van der Waals surface area contributed by atoms with Crippen LogP contribution in [0.4, 0.5) is 0 Å². The van der Waals surface area contributed by atoms with Gasteiger partial charge in [-0.1, -0.05) is 37.6 Å². The minimum Gasteiger partial charge on any atom is -0.496 e. The summed E-state index contributed by atoms with van der Waals surface area (Å²) >= 11 is 0. The standard InChI is InChI=1S/C29H38N2O7/c1-3-4-12-30(13-7-14-32)27(33)18-31-17-22(20-10-11-25-26(16-20)38-19-37-25)28(29(34)35)23(31)15-21-8-5-6-9-24(21)36-2/h5-6,8-11,16,22-23,28,32H,3-4,7,12-15,17-19H2,1-2H3,(H,34,35). The average molecular weight is 527 g/mol. The molecular weight excluding hydrogens is 488 g/mol. The Kier molecular flexibility index (Phi) is 9.47. The quantitative estimate of drug-likeness (QED) is 0.410. The zero-order valence-corrected chi connectivity index (χ0v) is 22.2. The second-order valence-electron chi connectivity index (χ2n) is 9.91. The average Bonchev–Trinajstić information content (AvgIpc) is 3.53. The minimum atomic E-state index is -0.898. The Labute approximate surface area is 223 Å². The van der Waals surface area contributed by atoms with Gasteiger partial charge in [-0.25, -0.2) is 0 Å². The number of benzene rings is 2. The number of likely N-dealkylation sites (tertiary alicyclic amines) is 1. The molecule has 2 aromatic carbocycles. The number of ether oxygens (including phenoxy) is 3. The van der Waals surface area contributed by atoms with E-state index in [4.69, 9.17) is 14.2 Å². The van der Waals surface area contributed by atoms with Crippen molar-refractivity contribution in [2.75, 3.05) is 46.7 Å². The summed E-state index contributed by atoms with van der Waals surface area (Å²) < 4.78 is 16.6. The first-order valence-corrected chi connectivity index (χ1v) is 13.3. The molecule has 0 radical (unpaired) electrons. The number of nitrogens with zero attached hydrogens (tertiary/aromatic N) is 2. The lowest BCUT2D eigenvalue weighted by molar-refractivity contribution is -0.143. The van der Waals surface area contributed by atoms with Crippen molar-refractivity contribution in [1.82, 2.24) is 9.80 Å². The molecule has 0 aliphatic carbocycles. The number of carboxylic acid groups (broad SMARTS) is 1. The van der Waals surface area contributed by atoms with E-state index in [0.29, 0.717) is 49.7 Å². The van der Waals surface area contributed by atoms with E-state index in [-0.39, 0.29) is 31.8 Å². The number of amides is 1. The number of rotatable bonds is 13. The molecule has 9 heteroatoms. The third-order valence-corrected chi connectivity index (χ3v) is 7.54. The van der Waals surface area contributed by atoms with Gasteiger partial charge in [0.2, 0.25) is 12.7 Å². The fourth-order valence-electron chi connectivity index (χ4n) is 5.57. The molecule has 1 fully saturated rings. The van der Waals surface area contributed by atoms with Gasteiger partial charge in [0.1, 0.15) is 5.75 Å². The number of methoxy groups -OCH3 is 1. The van der Waals surface area contributed by atoms with Crippen LogP contribution in [0.15, 0.2) is 42.5 Å². The summed E-state index contributed by atoms with van der Waals surface area (Å²) in [5, 5.41) is 19.8. The molecule has 2 heterocycles. The number of unbranched alkanes of at least 4 members (excludes halogenated alkanes) is 1. The number of carbonyl (C=O) groups is 2. The predicted molar refractivity (Wildman–Crippen MR) is 142 cm³/mol. The first-order chi connectivity index (χ1) is 18.5. The third-order valence-electron chi connectivity index (χ3n) is 7.54. The van der Waals surface area contributed by atoms with Crippen molar-refractivity contribution in [1.29, 1.82) is 0 Å². The molecule has 2 aliphatic rings. The summed E-state index contributed by atoms with van der Waals surface area (Å²) in [6, 6.07) is 12.8. The van der Waals surface area contributed by atoms with Crippen LogP contribution in [0.25, 0.3) is 0 Å². The lowest BCUT2D eigenvalue weighted by Gasteiger charge is -2.30. The molecule has 1 amide bonds. The van der Waals surface area contributed by atoms with Gasteiger partial charge >= 0.3 is 5.97 Å². The highest BCUT2D eigenvalue weighted by Crippen LogP contribution is 2.43. The zero-order valence-electron chi connectivity index (χ0n) is 22.2. The van der Waals surface area contributed by atoms with Crippen LogP contribution >= 0.6 is 0 Å². The maximum atomic E-state index is 13.5. The number of hydrogen-bond donors (Lipinski definition) is 2. The summed E-state index contributed by atoms with van der Waals surface area (Å²) in [6.45, 7) is 3.87. The Morgan fingerprint density at radius 2 is 1.87 bits per heavy atom. The van der Waals surface area contributed by atoms with Gasteiger partial charge in [-0.05, 0) is 48.6 Å². The monoisotopic (exact) mass is 526 g/mol. The Morgan fingerprint density at radius 1 is 1.11 bits per heavy atom. The van der Waals surface area contributed by atoms with E-state index in [1.54, 1.807) is 12.0 Å². The van der Waals surface area contributed by atoms with Gasteiger partial charge in [-0.3, -0.25) is 14.5 Å². The number of para-hydroxylation sites is 1. The van der Waals surface area contributed by atoms with Gasteiger partial charge < -0.3 is 29.3 Å². The Balaban J connectivity index is 1.66. The maximum absolute atomic E-state index is 13.5. The van der Waals surface area contributed by atoms with Crippen molar-refractivity contribution in [3.63, 3.8) is 0 Å². The van der Waals surface area contributed by atoms with Crippen LogP contribution in [-0.2, 0) is 16.0 Å². The number of aliphatic hydroxyl groups excluding tert-OH is 1. The van der Waals surface area contributed by atoms with Crippen molar-refractivity contribution < 1.29 is 34.0 Å². The van der Waals surface area contributed by atoms with E-state index < -0.39 is 17.9 Å². The van der Waals surface area contributed by atoms with Crippen LogP contribution in [0.3, 0.4) is 0 Å². The summed E-state index contributed by atoms with van der Waals surface area (Å²) in [7, 11) is 1.60. The smallest absolute Gasteiger partial charge is 0.308 e. The third kappa shape index (κ3) is 6.22. The number of carbonyl (C=O) groups excluding carboxylic acids is 1. The second kappa shape index (κ2) is 13.0. The van der Waals surface area contributed by atoms with Crippen LogP contribution in [0, 0.1) is 5.92 Å².